The van der Waals surface area contributed by atoms with Gasteiger partial charge in [-0.2, -0.15) is 4.98 Å². The van der Waals surface area contributed by atoms with E-state index in [1.54, 1.807) is 18.2 Å². The fourth-order valence-corrected chi connectivity index (χ4v) is 4.20. The highest BCUT2D eigenvalue weighted by molar-refractivity contribution is 7.92. The van der Waals surface area contributed by atoms with Crippen LogP contribution in [0, 0.1) is 13.8 Å². The number of anilines is 1. The minimum atomic E-state index is -3.68. The first-order valence-electron chi connectivity index (χ1n) is 9.38. The van der Waals surface area contributed by atoms with Crippen LogP contribution in [-0.2, 0) is 21.4 Å². The number of sulfonamides is 1. The molecule has 0 fully saturated rings. The Hall–Kier alpha value is -3.20. The smallest absolute Gasteiger partial charge is 0.246 e. The molecule has 1 N–H and O–H groups in total. The average molecular weight is 429 g/mol. The fourth-order valence-electron chi connectivity index (χ4n) is 3.03. The maximum Gasteiger partial charge on any atom is 0.246 e. The van der Waals surface area contributed by atoms with E-state index in [9.17, 15) is 13.2 Å². The summed E-state index contributed by atoms with van der Waals surface area (Å²) in [5.41, 5.74) is 3.24. The Morgan fingerprint density at radius 1 is 1.13 bits per heavy atom. The molecule has 0 spiro atoms. The second kappa shape index (κ2) is 8.66. The fraction of sp³-hybridized carbons (Fsp3) is 0.286. The second-order valence-electron chi connectivity index (χ2n) is 7.17. The van der Waals surface area contributed by atoms with Gasteiger partial charge in [0.15, 0.2) is 0 Å². The quantitative estimate of drug-likeness (QED) is 0.620. The van der Waals surface area contributed by atoms with E-state index in [1.807, 2.05) is 44.2 Å². The molecule has 0 bridgehead atoms. The second-order valence-corrected chi connectivity index (χ2v) is 9.03. The van der Waals surface area contributed by atoms with Crippen LogP contribution >= 0.6 is 0 Å². The number of benzene rings is 2. The highest BCUT2D eigenvalue weighted by atomic mass is 32.2. The molecule has 0 aliphatic heterocycles. The normalized spacial score (nSPS) is 12.4. The van der Waals surface area contributed by atoms with Gasteiger partial charge in [0.25, 0.3) is 0 Å². The SMILES string of the molecule is Cc1ccc(-c2noc(CNC(=O)[C@@H](C)N(c3cccc(C)c3)S(C)(=O)=O)n2)cc1. The largest absolute Gasteiger partial charge is 0.345 e. The number of hydrogen-bond acceptors (Lipinski definition) is 6. The molecule has 0 saturated heterocycles. The van der Waals surface area contributed by atoms with Crippen molar-refractivity contribution in [3.63, 3.8) is 0 Å². The number of carbonyl (C=O) groups excluding carboxylic acids is 1. The zero-order valence-electron chi connectivity index (χ0n) is 17.3. The van der Waals surface area contributed by atoms with E-state index in [0.29, 0.717) is 11.5 Å². The van der Waals surface area contributed by atoms with Crippen molar-refractivity contribution in [2.45, 2.75) is 33.4 Å². The van der Waals surface area contributed by atoms with Crippen molar-refractivity contribution in [2.75, 3.05) is 10.6 Å². The standard InChI is InChI=1S/C21H24N4O4S/c1-14-8-10-17(11-9-14)20-23-19(29-24-20)13-22-21(26)16(3)25(30(4,27)28)18-7-5-6-15(2)12-18/h5-12,16H,13H2,1-4H3,(H,22,26)/t16-/m1/s1. The van der Waals surface area contributed by atoms with Gasteiger partial charge in [-0.25, -0.2) is 8.42 Å². The predicted octanol–water partition coefficient (Wildman–Crippen LogP) is 2.82. The van der Waals surface area contributed by atoms with Crippen molar-refractivity contribution < 1.29 is 17.7 Å². The molecule has 1 amide bonds. The van der Waals surface area contributed by atoms with E-state index < -0.39 is 22.0 Å². The molecule has 0 radical (unpaired) electrons. The van der Waals surface area contributed by atoms with E-state index in [1.165, 1.54) is 6.92 Å². The topological polar surface area (TPSA) is 105 Å². The lowest BCUT2D eigenvalue weighted by molar-refractivity contribution is -0.122. The Morgan fingerprint density at radius 2 is 1.83 bits per heavy atom. The van der Waals surface area contributed by atoms with Crippen LogP contribution in [0.4, 0.5) is 5.69 Å². The van der Waals surface area contributed by atoms with E-state index in [0.717, 1.165) is 27.3 Å². The zero-order chi connectivity index (χ0) is 21.9. The number of amides is 1. The number of hydrogen-bond donors (Lipinski definition) is 1. The summed E-state index contributed by atoms with van der Waals surface area (Å²) in [6.07, 6.45) is 1.07. The minimum absolute atomic E-state index is 0.00649. The third-order valence-electron chi connectivity index (χ3n) is 4.54. The Morgan fingerprint density at radius 3 is 2.47 bits per heavy atom. The Labute approximate surface area is 176 Å². The number of carbonyl (C=O) groups is 1. The first kappa shape index (κ1) is 21.5. The molecule has 2 aromatic carbocycles. The first-order valence-corrected chi connectivity index (χ1v) is 11.2. The lowest BCUT2D eigenvalue weighted by Crippen LogP contribution is -2.47. The van der Waals surface area contributed by atoms with Crippen LogP contribution in [0.5, 0.6) is 0 Å². The summed E-state index contributed by atoms with van der Waals surface area (Å²) < 4.78 is 31.0. The van der Waals surface area contributed by atoms with Crippen LogP contribution in [0.15, 0.2) is 53.1 Å². The van der Waals surface area contributed by atoms with Crippen LogP contribution in [-0.4, -0.2) is 36.8 Å². The first-order chi connectivity index (χ1) is 14.1. The van der Waals surface area contributed by atoms with E-state index in [4.69, 9.17) is 4.52 Å². The summed E-state index contributed by atoms with van der Waals surface area (Å²) in [7, 11) is -3.68. The summed E-state index contributed by atoms with van der Waals surface area (Å²) in [6.45, 7) is 5.37. The number of aromatic nitrogens is 2. The molecule has 0 aliphatic carbocycles. The van der Waals surface area contributed by atoms with Gasteiger partial charge < -0.3 is 9.84 Å². The van der Waals surface area contributed by atoms with Crippen molar-refractivity contribution >= 4 is 21.6 Å². The average Bonchev–Trinajstić information content (AvgIpc) is 3.14. The van der Waals surface area contributed by atoms with Crippen LogP contribution in [0.3, 0.4) is 0 Å². The van der Waals surface area contributed by atoms with E-state index >= 15 is 0 Å². The maximum atomic E-state index is 12.7. The molecule has 30 heavy (non-hydrogen) atoms. The Kier molecular flexibility index (Phi) is 6.21. The molecule has 0 unspecified atom stereocenters. The summed E-state index contributed by atoms with van der Waals surface area (Å²) in [4.78, 5) is 17.0. The van der Waals surface area contributed by atoms with Crippen molar-refractivity contribution in [3.05, 3.63) is 65.5 Å². The zero-order valence-corrected chi connectivity index (χ0v) is 18.1. The van der Waals surface area contributed by atoms with E-state index in [2.05, 4.69) is 15.5 Å². The molecule has 0 aliphatic rings. The summed E-state index contributed by atoms with van der Waals surface area (Å²) >= 11 is 0. The van der Waals surface area contributed by atoms with Gasteiger partial charge in [-0.15, -0.1) is 0 Å². The Balaban J connectivity index is 1.71. The van der Waals surface area contributed by atoms with Crippen LogP contribution in [0.2, 0.25) is 0 Å². The molecular formula is C21H24N4O4S. The van der Waals surface area contributed by atoms with Crippen molar-refractivity contribution in [1.82, 2.24) is 15.5 Å². The lowest BCUT2D eigenvalue weighted by atomic mass is 10.1. The molecule has 9 heteroatoms. The monoisotopic (exact) mass is 428 g/mol. The summed E-state index contributed by atoms with van der Waals surface area (Å²) in [5, 5.41) is 6.60. The van der Waals surface area contributed by atoms with Crippen molar-refractivity contribution in [1.29, 1.82) is 0 Å². The van der Waals surface area contributed by atoms with Gasteiger partial charge in [0.05, 0.1) is 18.5 Å². The third kappa shape index (κ3) is 5.04. The van der Waals surface area contributed by atoms with Crippen LogP contribution < -0.4 is 9.62 Å². The molecule has 1 heterocycles. The van der Waals surface area contributed by atoms with Gasteiger partial charge in [0, 0.05) is 5.56 Å². The molecule has 8 nitrogen and oxygen atoms in total. The minimum Gasteiger partial charge on any atom is -0.345 e. The van der Waals surface area contributed by atoms with Crippen LogP contribution in [0.1, 0.15) is 23.9 Å². The van der Waals surface area contributed by atoms with Crippen LogP contribution in [0.25, 0.3) is 11.4 Å². The molecule has 3 rings (SSSR count). The molecule has 1 atom stereocenters. The number of nitrogens with zero attached hydrogens (tertiary/aromatic N) is 3. The molecule has 158 valence electrons. The van der Waals surface area contributed by atoms with Gasteiger partial charge in [-0.1, -0.05) is 47.1 Å². The van der Waals surface area contributed by atoms with Gasteiger partial charge >= 0.3 is 0 Å². The molecule has 3 aromatic rings. The number of rotatable bonds is 7. The van der Waals surface area contributed by atoms with Gasteiger partial charge in [-0.05, 0) is 38.5 Å². The van der Waals surface area contributed by atoms with Gasteiger partial charge in [0.1, 0.15) is 6.04 Å². The van der Waals surface area contributed by atoms with Gasteiger partial charge in [0.2, 0.25) is 27.6 Å². The molecule has 1 aromatic heterocycles. The number of aryl methyl sites for hydroxylation is 2. The predicted molar refractivity (Wildman–Crippen MR) is 114 cm³/mol. The molecule has 0 saturated carbocycles. The third-order valence-corrected chi connectivity index (χ3v) is 5.78. The summed E-state index contributed by atoms with van der Waals surface area (Å²) in [5.74, 6) is 0.175. The maximum absolute atomic E-state index is 12.7. The highest BCUT2D eigenvalue weighted by Crippen LogP contribution is 2.22. The van der Waals surface area contributed by atoms with Gasteiger partial charge in [-0.3, -0.25) is 9.10 Å². The summed E-state index contributed by atoms with van der Waals surface area (Å²) in [6, 6.07) is 13.7. The number of nitrogens with one attached hydrogen (secondary N) is 1. The lowest BCUT2D eigenvalue weighted by Gasteiger charge is -2.28. The highest BCUT2D eigenvalue weighted by Gasteiger charge is 2.29. The molecular weight excluding hydrogens is 404 g/mol. The van der Waals surface area contributed by atoms with Crippen molar-refractivity contribution in [3.8, 4) is 11.4 Å². The van der Waals surface area contributed by atoms with Crippen molar-refractivity contribution in [2.24, 2.45) is 0 Å². The van der Waals surface area contributed by atoms with E-state index in [-0.39, 0.29) is 12.4 Å². The Bertz CT molecular complexity index is 1140.